The Morgan fingerprint density at radius 1 is 1.67 bits per heavy atom. The standard InChI is InChI=1S/C8H18N4/c1-4-5-11-8(9)12(3)7-6-10-2/h4-5,10H,6-7H2,1-3H3,(H2,9,11)/b5-4-. The van der Waals surface area contributed by atoms with Crippen molar-refractivity contribution in [2.75, 3.05) is 27.2 Å². The summed E-state index contributed by atoms with van der Waals surface area (Å²) >= 11 is 0. The normalized spacial score (nSPS) is 12.4. The van der Waals surface area contributed by atoms with E-state index in [2.05, 4.69) is 10.3 Å². The Hall–Kier alpha value is -1.03. The number of allylic oxidation sites excluding steroid dienone is 1. The number of likely N-dealkylation sites (N-methyl/N-ethyl adjacent to an activating group) is 2. The third-order valence-corrected chi connectivity index (χ3v) is 1.44. The van der Waals surface area contributed by atoms with Gasteiger partial charge in [-0.05, 0) is 14.0 Å². The van der Waals surface area contributed by atoms with E-state index in [1.807, 2.05) is 32.0 Å². The second-order valence-corrected chi connectivity index (χ2v) is 2.49. The third kappa shape index (κ3) is 4.73. The summed E-state index contributed by atoms with van der Waals surface area (Å²) in [5, 5.41) is 3.04. The van der Waals surface area contributed by atoms with Crippen molar-refractivity contribution in [2.45, 2.75) is 6.92 Å². The summed E-state index contributed by atoms with van der Waals surface area (Å²) in [6.07, 6.45) is 3.53. The van der Waals surface area contributed by atoms with Crippen molar-refractivity contribution in [2.24, 2.45) is 10.7 Å². The minimum atomic E-state index is 0.545. The Kier molecular flexibility index (Phi) is 6.09. The number of rotatable bonds is 4. The van der Waals surface area contributed by atoms with Gasteiger partial charge in [-0.25, -0.2) is 4.99 Å². The summed E-state index contributed by atoms with van der Waals surface area (Å²) in [5.74, 6) is 0.545. The van der Waals surface area contributed by atoms with Crippen LogP contribution in [0.15, 0.2) is 17.3 Å². The fourth-order valence-corrected chi connectivity index (χ4v) is 0.644. The molecule has 0 radical (unpaired) electrons. The van der Waals surface area contributed by atoms with Crippen LogP contribution in [0.4, 0.5) is 0 Å². The van der Waals surface area contributed by atoms with Crippen LogP contribution in [0, 0.1) is 0 Å². The van der Waals surface area contributed by atoms with Gasteiger partial charge >= 0.3 is 0 Å². The van der Waals surface area contributed by atoms with Crippen LogP contribution in [-0.2, 0) is 0 Å². The number of nitrogens with one attached hydrogen (secondary N) is 1. The molecular weight excluding hydrogens is 152 g/mol. The molecule has 0 saturated heterocycles. The smallest absolute Gasteiger partial charge is 0.195 e. The maximum Gasteiger partial charge on any atom is 0.195 e. The summed E-state index contributed by atoms with van der Waals surface area (Å²) in [6.45, 7) is 3.68. The lowest BCUT2D eigenvalue weighted by molar-refractivity contribution is 0.490. The summed E-state index contributed by atoms with van der Waals surface area (Å²) in [4.78, 5) is 5.91. The largest absolute Gasteiger partial charge is 0.370 e. The zero-order chi connectivity index (χ0) is 9.40. The highest BCUT2D eigenvalue weighted by Gasteiger charge is 1.97. The van der Waals surface area contributed by atoms with E-state index in [0.29, 0.717) is 5.96 Å². The summed E-state index contributed by atoms with van der Waals surface area (Å²) < 4.78 is 0. The zero-order valence-corrected chi connectivity index (χ0v) is 8.04. The van der Waals surface area contributed by atoms with Gasteiger partial charge in [-0.1, -0.05) is 6.08 Å². The Bertz CT molecular complexity index is 162. The number of nitrogens with two attached hydrogens (primary N) is 1. The molecule has 0 fully saturated rings. The van der Waals surface area contributed by atoms with Gasteiger partial charge in [0.1, 0.15) is 0 Å². The van der Waals surface area contributed by atoms with Crippen molar-refractivity contribution in [1.29, 1.82) is 0 Å². The maximum atomic E-state index is 5.64. The van der Waals surface area contributed by atoms with Gasteiger partial charge in [0.2, 0.25) is 0 Å². The molecule has 70 valence electrons. The van der Waals surface area contributed by atoms with E-state index in [9.17, 15) is 0 Å². The molecule has 0 amide bonds. The maximum absolute atomic E-state index is 5.64. The van der Waals surface area contributed by atoms with Crippen LogP contribution in [0.2, 0.25) is 0 Å². The first-order chi connectivity index (χ1) is 5.72. The number of guanidine groups is 1. The quantitative estimate of drug-likeness (QED) is 0.461. The van der Waals surface area contributed by atoms with E-state index in [-0.39, 0.29) is 0 Å². The predicted molar refractivity (Wildman–Crippen MR) is 53.0 cm³/mol. The predicted octanol–water partition coefficient (Wildman–Crippen LogP) is -0.0141. The molecule has 4 nitrogen and oxygen atoms in total. The molecule has 0 aromatic rings. The van der Waals surface area contributed by atoms with Gasteiger partial charge in [0.25, 0.3) is 0 Å². The molecule has 0 atom stereocenters. The molecule has 12 heavy (non-hydrogen) atoms. The molecule has 0 unspecified atom stereocenters. The minimum absolute atomic E-state index is 0.545. The molecule has 4 heteroatoms. The van der Waals surface area contributed by atoms with Crippen LogP contribution < -0.4 is 11.1 Å². The molecule has 0 aliphatic rings. The van der Waals surface area contributed by atoms with Gasteiger partial charge in [-0.3, -0.25) is 0 Å². The number of nitrogens with zero attached hydrogens (tertiary/aromatic N) is 2. The van der Waals surface area contributed by atoms with Gasteiger partial charge in [0, 0.05) is 26.3 Å². The fraction of sp³-hybridized carbons (Fsp3) is 0.625. The van der Waals surface area contributed by atoms with E-state index in [1.165, 1.54) is 0 Å². The van der Waals surface area contributed by atoms with E-state index < -0.39 is 0 Å². The Morgan fingerprint density at radius 3 is 2.83 bits per heavy atom. The van der Waals surface area contributed by atoms with Crippen LogP contribution >= 0.6 is 0 Å². The molecule has 0 bridgehead atoms. The van der Waals surface area contributed by atoms with Crippen molar-refractivity contribution in [3.05, 3.63) is 12.3 Å². The van der Waals surface area contributed by atoms with E-state index in [4.69, 9.17) is 5.73 Å². The molecular formula is C8H18N4. The molecule has 0 spiro atoms. The van der Waals surface area contributed by atoms with Crippen LogP contribution in [0.1, 0.15) is 6.92 Å². The molecule has 0 heterocycles. The Balaban J connectivity index is 3.82. The average Bonchev–Trinajstić information content (AvgIpc) is 2.10. The van der Waals surface area contributed by atoms with Gasteiger partial charge in [-0.15, -0.1) is 0 Å². The second kappa shape index (κ2) is 6.67. The molecule has 0 aliphatic carbocycles. The highest BCUT2D eigenvalue weighted by atomic mass is 15.2. The Labute approximate surface area is 74.1 Å². The summed E-state index contributed by atoms with van der Waals surface area (Å²) in [7, 11) is 3.83. The second-order valence-electron chi connectivity index (χ2n) is 2.49. The number of hydrogen-bond acceptors (Lipinski definition) is 2. The monoisotopic (exact) mass is 170 g/mol. The lowest BCUT2D eigenvalue weighted by Gasteiger charge is -2.16. The first-order valence-electron chi connectivity index (χ1n) is 4.02. The molecule has 3 N–H and O–H groups in total. The summed E-state index contributed by atoms with van der Waals surface area (Å²) in [6, 6.07) is 0. The minimum Gasteiger partial charge on any atom is -0.370 e. The highest BCUT2D eigenvalue weighted by Crippen LogP contribution is 1.82. The van der Waals surface area contributed by atoms with Crippen LogP contribution in [0.25, 0.3) is 0 Å². The molecule has 0 aromatic carbocycles. The topological polar surface area (TPSA) is 53.6 Å². The van der Waals surface area contributed by atoms with Gasteiger partial charge in [-0.2, -0.15) is 0 Å². The first-order valence-corrected chi connectivity index (χ1v) is 4.02. The van der Waals surface area contributed by atoms with Crippen molar-refractivity contribution >= 4 is 5.96 Å². The lowest BCUT2D eigenvalue weighted by atomic mass is 10.5. The highest BCUT2D eigenvalue weighted by molar-refractivity contribution is 5.78. The van der Waals surface area contributed by atoms with Crippen LogP contribution in [-0.4, -0.2) is 38.0 Å². The van der Waals surface area contributed by atoms with Gasteiger partial charge < -0.3 is 16.0 Å². The number of hydrogen-bond donors (Lipinski definition) is 2. The van der Waals surface area contributed by atoms with Crippen LogP contribution in [0.3, 0.4) is 0 Å². The molecule has 0 rings (SSSR count). The molecule has 0 saturated carbocycles. The average molecular weight is 170 g/mol. The SMILES string of the molecule is C/C=C\N=C(N)N(C)CCNC. The molecule has 0 aliphatic heterocycles. The summed E-state index contributed by atoms with van der Waals surface area (Å²) in [5.41, 5.74) is 5.64. The Morgan fingerprint density at radius 2 is 2.33 bits per heavy atom. The van der Waals surface area contributed by atoms with E-state index >= 15 is 0 Å². The zero-order valence-electron chi connectivity index (χ0n) is 8.04. The fourth-order valence-electron chi connectivity index (χ4n) is 0.644. The van der Waals surface area contributed by atoms with Crippen molar-refractivity contribution in [1.82, 2.24) is 10.2 Å². The van der Waals surface area contributed by atoms with Crippen molar-refractivity contribution < 1.29 is 0 Å². The van der Waals surface area contributed by atoms with E-state index in [0.717, 1.165) is 13.1 Å². The van der Waals surface area contributed by atoms with Crippen LogP contribution in [0.5, 0.6) is 0 Å². The third-order valence-electron chi connectivity index (χ3n) is 1.44. The molecule has 0 aromatic heterocycles. The number of aliphatic imine (C=N–C) groups is 1. The van der Waals surface area contributed by atoms with Crippen molar-refractivity contribution in [3.8, 4) is 0 Å². The van der Waals surface area contributed by atoms with Gasteiger partial charge in [0.05, 0.1) is 0 Å². The lowest BCUT2D eigenvalue weighted by Crippen LogP contribution is -2.37. The first kappa shape index (κ1) is 11.0. The van der Waals surface area contributed by atoms with E-state index in [1.54, 1.807) is 6.20 Å². The van der Waals surface area contributed by atoms with Gasteiger partial charge in [0.15, 0.2) is 5.96 Å². The van der Waals surface area contributed by atoms with Crippen molar-refractivity contribution in [3.63, 3.8) is 0 Å².